The van der Waals surface area contributed by atoms with E-state index in [1.54, 1.807) is 46.0 Å². The normalized spacial score (nSPS) is 13.9. The number of nitriles is 1. The fraction of sp³-hybridized carbons (Fsp3) is 0.222. The van der Waals surface area contributed by atoms with Crippen LogP contribution in [0.3, 0.4) is 0 Å². The minimum atomic E-state index is -0.332. The quantitative estimate of drug-likeness (QED) is 0.181. The highest BCUT2D eigenvalue weighted by Gasteiger charge is 2.32. The molecule has 0 bridgehead atoms. The molecule has 0 N–H and O–H groups in total. The fourth-order valence-electron chi connectivity index (χ4n) is 5.94. The number of amides is 1. The van der Waals surface area contributed by atoms with Crippen LogP contribution in [-0.2, 0) is 19.5 Å². The predicted molar refractivity (Wildman–Crippen MR) is 177 cm³/mol. The maximum absolute atomic E-state index is 14.3. The number of ether oxygens (including phenoxy) is 1. The third-order valence-electron chi connectivity index (χ3n) is 8.47. The number of hydrogen-bond acceptors (Lipinski definition) is 7. The van der Waals surface area contributed by atoms with Crippen molar-refractivity contribution in [1.29, 1.82) is 5.26 Å². The van der Waals surface area contributed by atoms with Gasteiger partial charge >= 0.3 is 5.69 Å². The van der Waals surface area contributed by atoms with Crippen LogP contribution >= 0.6 is 15.9 Å². The van der Waals surface area contributed by atoms with Crippen LogP contribution in [0.25, 0.3) is 16.9 Å². The van der Waals surface area contributed by atoms with Gasteiger partial charge in [0, 0.05) is 41.3 Å². The van der Waals surface area contributed by atoms with Gasteiger partial charge < -0.3 is 9.64 Å². The number of imidazole rings is 1. The van der Waals surface area contributed by atoms with Gasteiger partial charge in [-0.25, -0.2) is 4.79 Å². The van der Waals surface area contributed by atoms with E-state index < -0.39 is 0 Å². The van der Waals surface area contributed by atoms with Gasteiger partial charge in [-0.1, -0.05) is 24.3 Å². The summed E-state index contributed by atoms with van der Waals surface area (Å²) in [7, 11) is 0. The van der Waals surface area contributed by atoms with Crippen molar-refractivity contribution >= 4 is 27.6 Å². The minimum absolute atomic E-state index is 0.0686. The Hall–Kier alpha value is -5.34. The minimum Gasteiger partial charge on any atom is -0.490 e. The Morgan fingerprint density at radius 1 is 1.00 bits per heavy atom. The van der Waals surface area contributed by atoms with Gasteiger partial charge in [0.05, 0.1) is 35.3 Å². The molecule has 1 amide bonds. The Labute approximate surface area is 279 Å². The summed E-state index contributed by atoms with van der Waals surface area (Å²) in [6, 6.07) is 25.6. The zero-order chi connectivity index (χ0) is 32.5. The molecular weight excluding hydrogens is 660 g/mol. The highest BCUT2D eigenvalue weighted by Crippen LogP contribution is 2.29. The number of ketones is 1. The van der Waals surface area contributed by atoms with E-state index in [2.05, 4.69) is 32.2 Å². The summed E-state index contributed by atoms with van der Waals surface area (Å²) >= 11 is 3.34. The van der Waals surface area contributed by atoms with Gasteiger partial charge in [-0.15, -0.1) is 0 Å². The molecule has 0 atom stereocenters. The van der Waals surface area contributed by atoms with Crippen molar-refractivity contribution in [2.24, 2.45) is 0 Å². The molecule has 3 aromatic carbocycles. The smallest absolute Gasteiger partial charge is 0.333 e. The van der Waals surface area contributed by atoms with E-state index in [1.807, 2.05) is 48.5 Å². The van der Waals surface area contributed by atoms with Crippen molar-refractivity contribution in [2.45, 2.75) is 44.9 Å². The van der Waals surface area contributed by atoms with Crippen molar-refractivity contribution in [3.05, 3.63) is 128 Å². The van der Waals surface area contributed by atoms with Crippen LogP contribution in [0.5, 0.6) is 5.75 Å². The SMILES string of the molecule is N#Cc1cc(C(=O)N2CCn3c(c(C(=O)CCc4ccccc4-c4cccnn4)n(-c4ccc(OC5CC5)cc4)c3=O)C2)ccc1Br. The predicted octanol–water partition coefficient (Wildman–Crippen LogP) is 5.74. The largest absolute Gasteiger partial charge is 0.490 e. The monoisotopic (exact) mass is 688 g/mol. The van der Waals surface area contributed by atoms with Gasteiger partial charge in [0.2, 0.25) is 0 Å². The highest BCUT2D eigenvalue weighted by atomic mass is 79.9. The molecule has 1 saturated carbocycles. The number of aryl methyl sites for hydroxylation is 1. The van der Waals surface area contributed by atoms with Gasteiger partial charge in [-0.3, -0.25) is 18.7 Å². The van der Waals surface area contributed by atoms with Crippen LogP contribution < -0.4 is 10.4 Å². The van der Waals surface area contributed by atoms with Crippen molar-refractivity contribution in [3.8, 4) is 28.8 Å². The molecule has 47 heavy (non-hydrogen) atoms. The van der Waals surface area contributed by atoms with E-state index in [-0.39, 0.29) is 55.2 Å². The molecule has 1 aliphatic heterocycles. The number of hydrogen-bond donors (Lipinski definition) is 0. The maximum atomic E-state index is 14.3. The first kappa shape index (κ1) is 30.3. The Morgan fingerprint density at radius 3 is 2.55 bits per heavy atom. The first-order valence-corrected chi connectivity index (χ1v) is 16.2. The number of Topliss-reactive ketones (excluding diaryl/α,β-unsaturated/α-hetero) is 1. The van der Waals surface area contributed by atoms with Crippen molar-refractivity contribution in [2.75, 3.05) is 6.54 Å². The molecule has 10 nitrogen and oxygen atoms in total. The number of nitrogens with zero attached hydrogens (tertiary/aromatic N) is 6. The van der Waals surface area contributed by atoms with Crippen LogP contribution in [0.4, 0.5) is 0 Å². The number of halogens is 1. The molecule has 2 aromatic heterocycles. The molecule has 0 unspecified atom stereocenters. The van der Waals surface area contributed by atoms with Crippen LogP contribution in [-0.4, -0.2) is 48.6 Å². The average molecular weight is 690 g/mol. The lowest BCUT2D eigenvalue weighted by molar-refractivity contribution is 0.0707. The van der Waals surface area contributed by atoms with Crippen LogP contribution in [0.15, 0.2) is 94.3 Å². The Kier molecular flexibility index (Phi) is 8.26. The second-order valence-corrected chi connectivity index (χ2v) is 12.5. The van der Waals surface area contributed by atoms with Gasteiger partial charge in [0.1, 0.15) is 17.5 Å². The molecule has 0 spiro atoms. The summed E-state index contributed by atoms with van der Waals surface area (Å²) in [6.45, 7) is 0.577. The molecule has 0 saturated heterocycles. The lowest BCUT2D eigenvalue weighted by atomic mass is 9.98. The molecule has 2 aliphatic rings. The topological polar surface area (TPSA) is 123 Å². The number of aromatic nitrogens is 4. The van der Waals surface area contributed by atoms with Crippen LogP contribution in [0.2, 0.25) is 0 Å². The fourth-order valence-corrected chi connectivity index (χ4v) is 6.27. The van der Waals surface area contributed by atoms with Gasteiger partial charge in [-0.05, 0) is 95.4 Å². The van der Waals surface area contributed by atoms with E-state index in [0.29, 0.717) is 44.8 Å². The van der Waals surface area contributed by atoms with E-state index in [0.717, 1.165) is 24.0 Å². The number of rotatable bonds is 9. The van der Waals surface area contributed by atoms with E-state index in [9.17, 15) is 19.6 Å². The molecule has 5 aromatic rings. The van der Waals surface area contributed by atoms with Gasteiger partial charge in [-0.2, -0.15) is 15.5 Å². The zero-order valence-electron chi connectivity index (χ0n) is 25.3. The molecule has 1 fully saturated rings. The second-order valence-electron chi connectivity index (χ2n) is 11.6. The van der Waals surface area contributed by atoms with Crippen molar-refractivity contribution < 1.29 is 14.3 Å². The number of carbonyl (C=O) groups excluding carboxylic acids is 2. The summed E-state index contributed by atoms with van der Waals surface area (Å²) in [5.41, 5.74) is 4.21. The standard InChI is InChI=1S/C36H29BrN6O4/c37-30-15-7-24(20-25(30)21-38)35(45)41-18-19-42-32(22-41)34(43(36(42)46)26-9-11-27(12-10-26)47-28-13-14-28)33(44)16-8-23-4-1-2-5-29(23)31-6-3-17-39-40-31/h1-7,9-12,15,17,20,28H,8,13-14,16,18-19,22H2. The number of benzene rings is 3. The summed E-state index contributed by atoms with van der Waals surface area (Å²) in [6.07, 6.45) is 4.44. The molecule has 1 aliphatic carbocycles. The van der Waals surface area contributed by atoms with Crippen LogP contribution in [0, 0.1) is 11.3 Å². The third-order valence-corrected chi connectivity index (χ3v) is 9.16. The first-order valence-electron chi connectivity index (χ1n) is 15.4. The molecule has 0 radical (unpaired) electrons. The lowest BCUT2D eigenvalue weighted by Crippen LogP contribution is -2.41. The zero-order valence-corrected chi connectivity index (χ0v) is 26.9. The summed E-state index contributed by atoms with van der Waals surface area (Å²) in [5, 5.41) is 17.7. The number of fused-ring (bicyclic) bond motifs is 1. The number of carbonyl (C=O) groups is 2. The maximum Gasteiger partial charge on any atom is 0.333 e. The third kappa shape index (κ3) is 6.12. The molecule has 7 rings (SSSR count). The van der Waals surface area contributed by atoms with E-state index >= 15 is 0 Å². The summed E-state index contributed by atoms with van der Waals surface area (Å²) in [5.74, 6) is 0.218. The summed E-state index contributed by atoms with van der Waals surface area (Å²) in [4.78, 5) is 43.5. The Balaban J connectivity index is 1.24. The van der Waals surface area contributed by atoms with Gasteiger partial charge in [0.15, 0.2) is 5.78 Å². The lowest BCUT2D eigenvalue weighted by Gasteiger charge is -2.28. The Bertz CT molecular complexity index is 2100. The average Bonchev–Trinajstić information content (AvgIpc) is 3.88. The second kappa shape index (κ2) is 12.8. The van der Waals surface area contributed by atoms with Crippen molar-refractivity contribution in [3.63, 3.8) is 0 Å². The molecular formula is C36H29BrN6O4. The van der Waals surface area contributed by atoms with Crippen LogP contribution in [0.1, 0.15) is 56.9 Å². The molecule has 11 heteroatoms. The van der Waals surface area contributed by atoms with E-state index in [4.69, 9.17) is 4.74 Å². The Morgan fingerprint density at radius 2 is 1.81 bits per heavy atom. The van der Waals surface area contributed by atoms with Crippen molar-refractivity contribution in [1.82, 2.24) is 24.2 Å². The van der Waals surface area contributed by atoms with E-state index in [1.165, 1.54) is 4.57 Å². The summed E-state index contributed by atoms with van der Waals surface area (Å²) < 4.78 is 9.58. The molecule has 3 heterocycles. The highest BCUT2D eigenvalue weighted by molar-refractivity contribution is 9.10. The van der Waals surface area contributed by atoms with Gasteiger partial charge in [0.25, 0.3) is 5.91 Å². The molecule has 234 valence electrons. The first-order chi connectivity index (χ1) is 22.9.